The molecule has 37 heavy (non-hydrogen) atoms. The fourth-order valence-corrected chi connectivity index (χ4v) is 2.28. The fraction of sp³-hybridized carbons (Fsp3) is 0.588. The van der Waals surface area contributed by atoms with Gasteiger partial charge < -0.3 is 48.5 Å². The molecule has 3 amide bonds. The quantitative estimate of drug-likeness (QED) is 0.0428. The first-order valence-corrected chi connectivity index (χ1v) is 10.6. The molecule has 0 fully saturated rings. The summed E-state index contributed by atoms with van der Waals surface area (Å²) in [5, 5.41) is 31.4. The van der Waals surface area contributed by atoms with Gasteiger partial charge in [0.2, 0.25) is 17.7 Å². The predicted molar refractivity (Wildman–Crippen MR) is 122 cm³/mol. The van der Waals surface area contributed by atoms with Crippen LogP contribution in [0.4, 0.5) is 13.2 Å². The molecule has 0 spiro atoms. The summed E-state index contributed by atoms with van der Waals surface area (Å²) >= 11 is 3.78. The van der Waals surface area contributed by atoms with Gasteiger partial charge in [0.1, 0.15) is 12.1 Å². The summed E-state index contributed by atoms with van der Waals surface area (Å²) in [6.07, 6.45) is -5.21. The number of halogens is 3. The van der Waals surface area contributed by atoms with Crippen molar-refractivity contribution < 1.29 is 57.3 Å². The number of carboxylic acids is 3. The van der Waals surface area contributed by atoms with E-state index in [9.17, 15) is 37.1 Å². The van der Waals surface area contributed by atoms with Crippen molar-refractivity contribution in [2.75, 3.05) is 18.8 Å². The molecule has 0 aliphatic heterocycles. The average molecular weight is 564 g/mol. The monoisotopic (exact) mass is 563 g/mol. The number of aliphatic carboxylic acids is 3. The molecule has 0 saturated heterocycles. The second-order valence-corrected chi connectivity index (χ2v) is 7.24. The van der Waals surface area contributed by atoms with E-state index in [1.165, 1.54) is 0 Å². The van der Waals surface area contributed by atoms with Crippen LogP contribution in [0, 0.1) is 0 Å². The van der Waals surface area contributed by atoms with Gasteiger partial charge in [-0.05, 0) is 12.8 Å². The molecule has 0 aromatic carbocycles. The number of rotatable bonds is 14. The summed E-state index contributed by atoms with van der Waals surface area (Å²) in [6.45, 7) is -0.293. The number of thiol groups is 1. The number of carboxylic acid groups (broad SMARTS) is 3. The van der Waals surface area contributed by atoms with E-state index >= 15 is 0 Å². The Balaban J connectivity index is 0. The Morgan fingerprint density at radius 3 is 1.89 bits per heavy atom. The highest BCUT2D eigenvalue weighted by molar-refractivity contribution is 7.80. The zero-order chi connectivity index (χ0) is 29.3. The van der Waals surface area contributed by atoms with Crippen LogP contribution < -0.4 is 33.2 Å². The number of hydrogen-bond donors (Lipinski definition) is 10. The smallest absolute Gasteiger partial charge is 0.481 e. The van der Waals surface area contributed by atoms with Crippen LogP contribution in [-0.4, -0.2) is 100 Å². The Hall–Kier alpha value is -3.81. The van der Waals surface area contributed by atoms with Gasteiger partial charge in [0.25, 0.3) is 0 Å². The maximum atomic E-state index is 12.1. The molecule has 0 heterocycles. The summed E-state index contributed by atoms with van der Waals surface area (Å²) in [5.74, 6) is -8.40. The number of amides is 3. The van der Waals surface area contributed by atoms with Crippen LogP contribution in [0.25, 0.3) is 0 Å². The van der Waals surface area contributed by atoms with Crippen molar-refractivity contribution in [2.24, 2.45) is 22.2 Å². The zero-order valence-corrected chi connectivity index (χ0v) is 19.9. The zero-order valence-electron chi connectivity index (χ0n) is 19.0. The van der Waals surface area contributed by atoms with E-state index in [1.54, 1.807) is 0 Å². The first-order valence-electron chi connectivity index (χ1n) is 9.96. The van der Waals surface area contributed by atoms with Gasteiger partial charge in [-0.2, -0.15) is 25.8 Å². The van der Waals surface area contributed by atoms with E-state index in [0.717, 1.165) is 0 Å². The van der Waals surface area contributed by atoms with E-state index < -0.39 is 72.9 Å². The summed E-state index contributed by atoms with van der Waals surface area (Å²) in [4.78, 5) is 70.5. The summed E-state index contributed by atoms with van der Waals surface area (Å²) < 4.78 is 31.7. The number of carbonyl (C=O) groups is 6. The SMILES string of the molecule is NC(N)=NCCCC(N)C(=O)NCC(=O)NC(CC(=O)O)C(=O)NC(CS)C(=O)O.O=C(O)C(F)(F)F. The molecule has 3 atom stereocenters. The Bertz CT molecular complexity index is 855. The lowest BCUT2D eigenvalue weighted by atomic mass is 10.1. The largest absolute Gasteiger partial charge is 0.490 e. The van der Waals surface area contributed by atoms with Crippen molar-refractivity contribution in [1.29, 1.82) is 0 Å². The number of nitrogens with zero attached hydrogens (tertiary/aromatic N) is 1. The molecule has 0 aliphatic carbocycles. The minimum absolute atomic E-state index is 0.0892. The maximum absolute atomic E-state index is 12.1. The van der Waals surface area contributed by atoms with Gasteiger partial charge in [-0.3, -0.25) is 24.2 Å². The molecule has 0 aromatic rings. The van der Waals surface area contributed by atoms with Crippen LogP contribution in [0.5, 0.6) is 0 Å². The van der Waals surface area contributed by atoms with E-state index in [4.69, 9.17) is 37.3 Å². The summed E-state index contributed by atoms with van der Waals surface area (Å²) in [5.41, 5.74) is 16.0. The number of hydrogen-bond acceptors (Lipinski definition) is 9. The molecule has 0 rings (SSSR count). The lowest BCUT2D eigenvalue weighted by Crippen LogP contribution is -2.54. The van der Waals surface area contributed by atoms with Crippen molar-refractivity contribution in [3.63, 3.8) is 0 Å². The van der Waals surface area contributed by atoms with Crippen LogP contribution >= 0.6 is 12.6 Å². The van der Waals surface area contributed by atoms with Crippen LogP contribution in [-0.2, 0) is 28.8 Å². The van der Waals surface area contributed by atoms with Crippen LogP contribution in [0.2, 0.25) is 0 Å². The van der Waals surface area contributed by atoms with Crippen LogP contribution in [0.1, 0.15) is 19.3 Å². The van der Waals surface area contributed by atoms with Crippen molar-refractivity contribution >= 4 is 54.2 Å². The molecular weight excluding hydrogens is 535 g/mol. The molecular formula is C17H28F3N7O9S. The second-order valence-electron chi connectivity index (χ2n) is 6.88. The lowest BCUT2D eigenvalue weighted by Gasteiger charge is -2.20. The van der Waals surface area contributed by atoms with Gasteiger partial charge in [-0.15, -0.1) is 0 Å². The Kier molecular flexibility index (Phi) is 16.8. The third-order valence-electron chi connectivity index (χ3n) is 3.80. The maximum Gasteiger partial charge on any atom is 0.490 e. The number of nitrogens with one attached hydrogen (secondary N) is 3. The highest BCUT2D eigenvalue weighted by atomic mass is 32.1. The second kappa shape index (κ2) is 17.6. The van der Waals surface area contributed by atoms with Gasteiger partial charge in [-0.25, -0.2) is 9.59 Å². The molecule has 0 radical (unpaired) electrons. The minimum Gasteiger partial charge on any atom is -0.481 e. The third kappa shape index (κ3) is 18.2. The molecule has 212 valence electrons. The van der Waals surface area contributed by atoms with Crippen molar-refractivity contribution in [2.45, 2.75) is 43.6 Å². The molecule has 12 N–H and O–H groups in total. The number of alkyl halides is 3. The highest BCUT2D eigenvalue weighted by Gasteiger charge is 2.38. The van der Waals surface area contributed by atoms with Gasteiger partial charge in [0.05, 0.1) is 19.0 Å². The number of nitrogens with two attached hydrogens (primary N) is 3. The summed E-state index contributed by atoms with van der Waals surface area (Å²) in [6, 6.07) is -3.86. The Labute approximate surface area is 212 Å². The standard InChI is InChI=1S/C15H27N7O7S.C2HF3O2/c16-7(2-1-3-19-15(17)18)12(26)20-5-10(23)21-8(4-11(24)25)13(27)22-9(6-30)14(28)29;3-2(4,5)1(6)7/h7-9,30H,1-6,16H2,(H,20,26)(H,21,23)(H,22,27)(H,24,25)(H,28,29)(H4,17,18,19);(H,6,7). The highest BCUT2D eigenvalue weighted by Crippen LogP contribution is 2.13. The van der Waals surface area contributed by atoms with Crippen molar-refractivity contribution in [1.82, 2.24) is 16.0 Å². The first-order chi connectivity index (χ1) is 16.9. The van der Waals surface area contributed by atoms with Crippen LogP contribution in [0.15, 0.2) is 4.99 Å². The number of aliphatic imine (C=N–C) groups is 1. The molecule has 20 heteroatoms. The van der Waals surface area contributed by atoms with E-state index in [2.05, 4.69) is 33.6 Å². The Morgan fingerprint density at radius 2 is 1.49 bits per heavy atom. The normalized spacial score (nSPS) is 12.9. The third-order valence-corrected chi connectivity index (χ3v) is 4.16. The van der Waals surface area contributed by atoms with Gasteiger partial charge in [0.15, 0.2) is 5.96 Å². The van der Waals surface area contributed by atoms with Crippen molar-refractivity contribution in [3.05, 3.63) is 0 Å². The molecule has 0 bridgehead atoms. The van der Waals surface area contributed by atoms with E-state index in [0.29, 0.717) is 6.42 Å². The fourth-order valence-electron chi connectivity index (χ4n) is 2.04. The summed E-state index contributed by atoms with van der Waals surface area (Å²) in [7, 11) is 0. The van der Waals surface area contributed by atoms with Gasteiger partial charge >= 0.3 is 24.1 Å². The first kappa shape index (κ1) is 35.4. The Morgan fingerprint density at radius 1 is 0.946 bits per heavy atom. The van der Waals surface area contributed by atoms with Crippen LogP contribution in [0.3, 0.4) is 0 Å². The van der Waals surface area contributed by atoms with Gasteiger partial charge in [0, 0.05) is 12.3 Å². The topological polar surface area (TPSA) is 290 Å². The van der Waals surface area contributed by atoms with E-state index in [1.807, 2.05) is 0 Å². The minimum atomic E-state index is -5.08. The number of carbonyl (C=O) groups excluding carboxylic acids is 3. The number of guanidine groups is 1. The molecule has 16 nitrogen and oxygen atoms in total. The predicted octanol–water partition coefficient (Wildman–Crippen LogP) is -3.42. The van der Waals surface area contributed by atoms with Gasteiger partial charge in [-0.1, -0.05) is 0 Å². The van der Waals surface area contributed by atoms with E-state index in [-0.39, 0.29) is 24.7 Å². The lowest BCUT2D eigenvalue weighted by molar-refractivity contribution is -0.192. The molecule has 0 aliphatic rings. The molecule has 0 aromatic heterocycles. The van der Waals surface area contributed by atoms with Crippen molar-refractivity contribution in [3.8, 4) is 0 Å². The molecule has 3 unspecified atom stereocenters. The average Bonchev–Trinajstić information content (AvgIpc) is 2.76. The molecule has 0 saturated carbocycles.